The predicted molar refractivity (Wildman–Crippen MR) is 76.0 cm³/mol. The van der Waals surface area contributed by atoms with E-state index in [0.717, 1.165) is 12.8 Å². The number of benzene rings is 1. The summed E-state index contributed by atoms with van der Waals surface area (Å²) in [5, 5.41) is 12.9. The minimum atomic E-state index is -0.671. The van der Waals surface area contributed by atoms with Crippen LogP contribution in [0.5, 0.6) is 5.75 Å². The average Bonchev–Trinajstić information content (AvgIpc) is 3.23. The molecule has 20 heavy (non-hydrogen) atoms. The van der Waals surface area contributed by atoms with Crippen molar-refractivity contribution in [3.63, 3.8) is 0 Å². The zero-order chi connectivity index (χ0) is 14.8. The molecule has 1 saturated carbocycles. The summed E-state index contributed by atoms with van der Waals surface area (Å²) in [6.45, 7) is 5.98. The monoisotopic (exact) mass is 276 g/mol. The van der Waals surface area contributed by atoms with E-state index in [9.17, 15) is 9.65 Å². The molecule has 1 aliphatic rings. The Morgan fingerprint density at radius 2 is 2.20 bits per heavy atom. The van der Waals surface area contributed by atoms with Gasteiger partial charge in [-0.2, -0.15) is 5.26 Å². The van der Waals surface area contributed by atoms with Gasteiger partial charge in [-0.05, 0) is 51.2 Å². The van der Waals surface area contributed by atoms with Crippen molar-refractivity contribution < 1.29 is 9.13 Å². The van der Waals surface area contributed by atoms with Gasteiger partial charge in [-0.1, -0.05) is 6.07 Å². The molecule has 0 spiro atoms. The molecule has 4 heteroatoms. The molecule has 1 unspecified atom stereocenters. The Morgan fingerprint density at radius 1 is 1.50 bits per heavy atom. The molecule has 0 aromatic heterocycles. The summed E-state index contributed by atoms with van der Waals surface area (Å²) in [6.07, 6.45) is 2.08. The van der Waals surface area contributed by atoms with E-state index in [1.807, 2.05) is 13.8 Å². The first-order valence-corrected chi connectivity index (χ1v) is 7.05. The maximum Gasteiger partial charge on any atom is 0.144 e. The van der Waals surface area contributed by atoms with Gasteiger partial charge in [0.05, 0.1) is 6.07 Å². The highest BCUT2D eigenvalue weighted by Crippen LogP contribution is 2.40. The molecular weight excluding hydrogens is 255 g/mol. The second-order valence-corrected chi connectivity index (χ2v) is 5.86. The molecule has 1 fully saturated rings. The number of aryl methyl sites for hydroxylation is 1. The Balaban J connectivity index is 2.08. The number of nitrogens with zero attached hydrogens (tertiary/aromatic N) is 1. The zero-order valence-electron chi connectivity index (χ0n) is 12.2. The molecule has 1 aromatic carbocycles. The van der Waals surface area contributed by atoms with Crippen molar-refractivity contribution in [1.82, 2.24) is 5.32 Å². The molecule has 1 N–H and O–H groups in total. The van der Waals surface area contributed by atoms with Crippen LogP contribution in [-0.2, 0) is 0 Å². The predicted octanol–water partition coefficient (Wildman–Crippen LogP) is 3.18. The second-order valence-electron chi connectivity index (χ2n) is 5.86. The minimum absolute atomic E-state index is 0.202. The summed E-state index contributed by atoms with van der Waals surface area (Å²) in [5.74, 6) is 0.512. The highest BCUT2D eigenvalue weighted by molar-refractivity contribution is 5.28. The first-order chi connectivity index (χ1) is 9.47. The molecule has 0 heterocycles. The van der Waals surface area contributed by atoms with Crippen molar-refractivity contribution in [1.29, 1.82) is 5.26 Å². The van der Waals surface area contributed by atoms with Gasteiger partial charge in [-0.3, -0.25) is 5.32 Å². The lowest BCUT2D eigenvalue weighted by molar-refractivity contribution is 0.192. The highest BCUT2D eigenvalue weighted by atomic mass is 19.1. The maximum absolute atomic E-state index is 13.5. The van der Waals surface area contributed by atoms with E-state index >= 15 is 0 Å². The average molecular weight is 276 g/mol. The molecule has 108 valence electrons. The van der Waals surface area contributed by atoms with E-state index in [-0.39, 0.29) is 18.5 Å². The molecule has 1 atom stereocenters. The van der Waals surface area contributed by atoms with Gasteiger partial charge in [-0.15, -0.1) is 0 Å². The van der Waals surface area contributed by atoms with Crippen LogP contribution in [0.3, 0.4) is 0 Å². The molecule has 1 aliphatic carbocycles. The summed E-state index contributed by atoms with van der Waals surface area (Å²) in [4.78, 5) is 0. The smallest absolute Gasteiger partial charge is 0.144 e. The van der Waals surface area contributed by atoms with Crippen LogP contribution in [0.25, 0.3) is 0 Å². The highest BCUT2D eigenvalue weighted by Gasteiger charge is 2.46. The van der Waals surface area contributed by atoms with Gasteiger partial charge in [-0.25, -0.2) is 4.39 Å². The molecule has 3 nitrogen and oxygen atoms in total. The summed E-state index contributed by atoms with van der Waals surface area (Å²) in [6, 6.07) is 7.38. The van der Waals surface area contributed by atoms with Gasteiger partial charge in [0.1, 0.15) is 23.7 Å². The van der Waals surface area contributed by atoms with Crippen LogP contribution >= 0.6 is 0 Å². The Morgan fingerprint density at radius 3 is 2.70 bits per heavy atom. The van der Waals surface area contributed by atoms with E-state index < -0.39 is 5.54 Å². The molecule has 0 aliphatic heterocycles. The van der Waals surface area contributed by atoms with Crippen LogP contribution < -0.4 is 10.1 Å². The van der Waals surface area contributed by atoms with Crippen LogP contribution in [0.4, 0.5) is 4.39 Å². The van der Waals surface area contributed by atoms with Crippen molar-refractivity contribution in [3.05, 3.63) is 29.6 Å². The summed E-state index contributed by atoms with van der Waals surface area (Å²) in [7, 11) is 0. The number of ether oxygens (including phenoxy) is 1. The van der Waals surface area contributed by atoms with E-state index in [0.29, 0.717) is 17.2 Å². The summed E-state index contributed by atoms with van der Waals surface area (Å²) >= 11 is 0. The van der Waals surface area contributed by atoms with Crippen LogP contribution in [0, 0.1) is 30.0 Å². The maximum atomic E-state index is 13.5. The Hall–Kier alpha value is -1.60. The SMILES string of the molecule is Cc1ccc(OCC(C#N)(NC(C)C)C2CC2)cc1F. The van der Waals surface area contributed by atoms with E-state index in [4.69, 9.17) is 4.74 Å². The Bertz CT molecular complexity index is 520. The fraction of sp³-hybridized carbons (Fsp3) is 0.562. The van der Waals surface area contributed by atoms with Crippen molar-refractivity contribution >= 4 is 0 Å². The Labute approximate surface area is 119 Å². The van der Waals surface area contributed by atoms with Crippen LogP contribution in [0.1, 0.15) is 32.3 Å². The van der Waals surface area contributed by atoms with E-state index in [1.54, 1.807) is 19.1 Å². The van der Waals surface area contributed by atoms with Gasteiger partial charge < -0.3 is 4.74 Å². The van der Waals surface area contributed by atoms with Crippen molar-refractivity contribution in [3.8, 4) is 11.8 Å². The standard InChI is InChI=1S/C16H21FN2O/c1-11(2)19-16(9-18,13-5-6-13)10-20-14-7-4-12(3)15(17)8-14/h4,7-8,11,13,19H,5-6,10H2,1-3H3. The lowest BCUT2D eigenvalue weighted by Crippen LogP contribution is -2.53. The first kappa shape index (κ1) is 14.8. The third kappa shape index (κ3) is 3.29. The molecule has 0 bridgehead atoms. The molecule has 0 amide bonds. The molecule has 1 aromatic rings. The van der Waals surface area contributed by atoms with Gasteiger partial charge in [0, 0.05) is 12.1 Å². The van der Waals surface area contributed by atoms with E-state index in [2.05, 4.69) is 11.4 Å². The largest absolute Gasteiger partial charge is 0.490 e. The summed E-state index contributed by atoms with van der Waals surface area (Å²) < 4.78 is 19.2. The topological polar surface area (TPSA) is 45.0 Å². The van der Waals surface area contributed by atoms with Gasteiger partial charge in [0.15, 0.2) is 0 Å². The Kier molecular flexibility index (Phi) is 4.29. The molecule has 0 radical (unpaired) electrons. The third-order valence-electron chi connectivity index (χ3n) is 3.63. The fourth-order valence-corrected chi connectivity index (χ4v) is 2.39. The number of nitrogens with one attached hydrogen (secondary N) is 1. The molecule has 0 saturated heterocycles. The van der Waals surface area contributed by atoms with Crippen LogP contribution in [0.2, 0.25) is 0 Å². The fourth-order valence-electron chi connectivity index (χ4n) is 2.39. The summed E-state index contributed by atoms with van der Waals surface area (Å²) in [5.41, 5.74) is -0.0818. The van der Waals surface area contributed by atoms with E-state index in [1.165, 1.54) is 6.07 Å². The van der Waals surface area contributed by atoms with Crippen molar-refractivity contribution in [2.24, 2.45) is 5.92 Å². The van der Waals surface area contributed by atoms with Gasteiger partial charge in [0.25, 0.3) is 0 Å². The van der Waals surface area contributed by atoms with Gasteiger partial charge >= 0.3 is 0 Å². The van der Waals surface area contributed by atoms with Crippen molar-refractivity contribution in [2.45, 2.75) is 45.2 Å². The number of rotatable bonds is 6. The van der Waals surface area contributed by atoms with Crippen molar-refractivity contribution in [2.75, 3.05) is 6.61 Å². The number of nitriles is 1. The second kappa shape index (κ2) is 5.80. The minimum Gasteiger partial charge on any atom is -0.490 e. The van der Waals surface area contributed by atoms with Crippen LogP contribution in [-0.4, -0.2) is 18.2 Å². The van der Waals surface area contributed by atoms with Crippen LogP contribution in [0.15, 0.2) is 18.2 Å². The number of hydrogen-bond acceptors (Lipinski definition) is 3. The number of hydrogen-bond donors (Lipinski definition) is 1. The lowest BCUT2D eigenvalue weighted by atomic mass is 9.95. The first-order valence-electron chi connectivity index (χ1n) is 7.05. The van der Waals surface area contributed by atoms with Gasteiger partial charge in [0.2, 0.25) is 0 Å². The number of halogens is 1. The molecular formula is C16H21FN2O. The normalized spacial score (nSPS) is 17.6. The molecule has 2 rings (SSSR count). The lowest BCUT2D eigenvalue weighted by Gasteiger charge is -2.30. The third-order valence-corrected chi connectivity index (χ3v) is 3.63. The zero-order valence-corrected chi connectivity index (χ0v) is 12.2. The quantitative estimate of drug-likeness (QED) is 0.868.